The maximum atomic E-state index is 5.96. The molecular weight excluding hydrogens is 252 g/mol. The molecule has 0 bridgehead atoms. The van der Waals surface area contributed by atoms with Crippen LogP contribution in [0.1, 0.15) is 25.8 Å². The predicted molar refractivity (Wildman–Crippen MR) is 83.7 cm³/mol. The van der Waals surface area contributed by atoms with E-state index in [1.165, 1.54) is 0 Å². The smallest absolute Gasteiger partial charge is 0.165 e. The number of nitrogens with one attached hydrogen (secondary N) is 1. The predicted octanol–water partition coefficient (Wildman–Crippen LogP) is 2.53. The van der Waals surface area contributed by atoms with Crippen LogP contribution in [-0.4, -0.2) is 45.3 Å². The van der Waals surface area contributed by atoms with E-state index in [0.717, 1.165) is 43.1 Å². The van der Waals surface area contributed by atoms with E-state index >= 15 is 0 Å². The zero-order chi connectivity index (χ0) is 14.8. The average molecular weight is 280 g/mol. The van der Waals surface area contributed by atoms with Crippen molar-refractivity contribution in [2.45, 2.75) is 26.8 Å². The van der Waals surface area contributed by atoms with Gasteiger partial charge in [-0.15, -0.1) is 0 Å². The second-order valence-electron chi connectivity index (χ2n) is 5.01. The molecule has 0 heterocycles. The van der Waals surface area contributed by atoms with Gasteiger partial charge in [0.25, 0.3) is 0 Å². The topological polar surface area (TPSA) is 33.7 Å². The van der Waals surface area contributed by atoms with E-state index in [4.69, 9.17) is 9.47 Å². The molecule has 1 rings (SSSR count). The lowest BCUT2D eigenvalue weighted by Gasteiger charge is -2.17. The van der Waals surface area contributed by atoms with E-state index in [0.29, 0.717) is 13.2 Å². The Labute approximate surface area is 123 Å². The second-order valence-corrected chi connectivity index (χ2v) is 5.01. The van der Waals surface area contributed by atoms with Gasteiger partial charge >= 0.3 is 0 Å². The van der Waals surface area contributed by atoms with Crippen molar-refractivity contribution < 1.29 is 9.47 Å². The largest absolute Gasteiger partial charge is 0.490 e. The highest BCUT2D eigenvalue weighted by Crippen LogP contribution is 2.31. The van der Waals surface area contributed by atoms with Gasteiger partial charge < -0.3 is 19.7 Å². The molecule has 0 aromatic heterocycles. The van der Waals surface area contributed by atoms with Gasteiger partial charge in [0, 0.05) is 18.7 Å². The average Bonchev–Trinajstić information content (AvgIpc) is 2.41. The summed E-state index contributed by atoms with van der Waals surface area (Å²) in [5.74, 6) is 1.71. The highest BCUT2D eigenvalue weighted by molar-refractivity contribution is 5.46. The second kappa shape index (κ2) is 9.61. The summed E-state index contributed by atoms with van der Waals surface area (Å²) in [6.45, 7) is 8.18. The number of hydrogen-bond donors (Lipinski definition) is 1. The lowest BCUT2D eigenvalue weighted by Crippen LogP contribution is -2.21. The Hall–Kier alpha value is -1.26. The Balaban J connectivity index is 2.76. The van der Waals surface area contributed by atoms with E-state index in [-0.39, 0.29) is 0 Å². The maximum absolute atomic E-state index is 5.96. The van der Waals surface area contributed by atoms with E-state index in [2.05, 4.69) is 23.2 Å². The SMILES string of the molecule is CCCNCc1cccc(OCC)c1OCCN(C)C. The van der Waals surface area contributed by atoms with Crippen LogP contribution in [0.3, 0.4) is 0 Å². The Kier molecular flexibility index (Phi) is 8.07. The standard InChI is InChI=1S/C16H28N2O2/c1-5-10-17-13-14-8-7-9-15(19-6-2)16(14)20-12-11-18(3)4/h7-9,17H,5-6,10-13H2,1-4H3. The van der Waals surface area contributed by atoms with Crippen molar-refractivity contribution in [2.24, 2.45) is 0 Å². The third kappa shape index (κ3) is 5.80. The minimum atomic E-state index is 0.649. The van der Waals surface area contributed by atoms with Crippen molar-refractivity contribution >= 4 is 0 Å². The fourth-order valence-electron chi connectivity index (χ4n) is 1.86. The summed E-state index contributed by atoms with van der Waals surface area (Å²) < 4.78 is 11.6. The highest BCUT2D eigenvalue weighted by atomic mass is 16.5. The van der Waals surface area contributed by atoms with Gasteiger partial charge in [0.05, 0.1) is 6.61 Å². The fourth-order valence-corrected chi connectivity index (χ4v) is 1.86. The summed E-state index contributed by atoms with van der Waals surface area (Å²) in [7, 11) is 4.09. The molecule has 0 atom stereocenters. The Morgan fingerprint density at radius 2 is 1.95 bits per heavy atom. The summed E-state index contributed by atoms with van der Waals surface area (Å²) in [5.41, 5.74) is 1.16. The third-order valence-corrected chi connectivity index (χ3v) is 2.89. The molecule has 4 nitrogen and oxygen atoms in total. The van der Waals surface area contributed by atoms with E-state index in [9.17, 15) is 0 Å². The lowest BCUT2D eigenvalue weighted by molar-refractivity contribution is 0.241. The van der Waals surface area contributed by atoms with Gasteiger partial charge in [-0.2, -0.15) is 0 Å². The van der Waals surface area contributed by atoms with Crippen molar-refractivity contribution in [3.8, 4) is 11.5 Å². The molecule has 0 radical (unpaired) electrons. The third-order valence-electron chi connectivity index (χ3n) is 2.89. The van der Waals surface area contributed by atoms with Gasteiger partial charge in [0.2, 0.25) is 0 Å². The first-order valence-electron chi connectivity index (χ1n) is 7.42. The molecule has 0 aliphatic rings. The van der Waals surface area contributed by atoms with Crippen LogP contribution in [-0.2, 0) is 6.54 Å². The molecule has 0 saturated heterocycles. The Bertz CT molecular complexity index is 381. The van der Waals surface area contributed by atoms with Gasteiger partial charge in [-0.3, -0.25) is 0 Å². The zero-order valence-corrected chi connectivity index (χ0v) is 13.2. The van der Waals surface area contributed by atoms with Crippen molar-refractivity contribution in [3.63, 3.8) is 0 Å². The summed E-state index contributed by atoms with van der Waals surface area (Å²) >= 11 is 0. The first kappa shape index (κ1) is 16.8. The van der Waals surface area contributed by atoms with Gasteiger partial charge in [0.1, 0.15) is 6.61 Å². The molecule has 0 saturated carbocycles. The molecule has 0 amide bonds. The molecule has 0 spiro atoms. The molecule has 4 heteroatoms. The number of benzene rings is 1. The van der Waals surface area contributed by atoms with Crippen LogP contribution in [0.15, 0.2) is 18.2 Å². The van der Waals surface area contributed by atoms with Crippen LogP contribution in [0.25, 0.3) is 0 Å². The van der Waals surface area contributed by atoms with Crippen LogP contribution in [0.2, 0.25) is 0 Å². The molecule has 1 N–H and O–H groups in total. The van der Waals surface area contributed by atoms with Crippen LogP contribution in [0, 0.1) is 0 Å². The molecule has 1 aromatic rings. The number of likely N-dealkylation sites (N-methyl/N-ethyl adjacent to an activating group) is 1. The van der Waals surface area contributed by atoms with Crippen molar-refractivity contribution in [3.05, 3.63) is 23.8 Å². The summed E-state index contributed by atoms with van der Waals surface area (Å²) in [6.07, 6.45) is 1.13. The van der Waals surface area contributed by atoms with Gasteiger partial charge in [-0.05, 0) is 40.1 Å². The fraction of sp³-hybridized carbons (Fsp3) is 0.625. The van der Waals surface area contributed by atoms with E-state index in [1.807, 2.05) is 33.2 Å². The number of rotatable bonds is 10. The van der Waals surface area contributed by atoms with Gasteiger partial charge in [-0.25, -0.2) is 0 Å². The molecule has 114 valence electrons. The molecule has 0 fully saturated rings. The number of para-hydroxylation sites is 1. The Morgan fingerprint density at radius 1 is 1.15 bits per heavy atom. The van der Waals surface area contributed by atoms with Crippen LogP contribution in [0.4, 0.5) is 0 Å². The molecule has 0 unspecified atom stereocenters. The first-order valence-corrected chi connectivity index (χ1v) is 7.42. The summed E-state index contributed by atoms with van der Waals surface area (Å²) in [5, 5.41) is 3.41. The Morgan fingerprint density at radius 3 is 2.60 bits per heavy atom. The molecular formula is C16H28N2O2. The van der Waals surface area contributed by atoms with Crippen LogP contribution in [0.5, 0.6) is 11.5 Å². The summed E-state index contributed by atoms with van der Waals surface area (Å²) in [4.78, 5) is 2.11. The molecule has 20 heavy (non-hydrogen) atoms. The molecule has 0 aliphatic heterocycles. The molecule has 0 aliphatic carbocycles. The van der Waals surface area contributed by atoms with Gasteiger partial charge in [-0.1, -0.05) is 19.1 Å². The number of nitrogens with zero attached hydrogens (tertiary/aromatic N) is 1. The van der Waals surface area contributed by atoms with Gasteiger partial charge in [0.15, 0.2) is 11.5 Å². The van der Waals surface area contributed by atoms with Crippen LogP contribution >= 0.6 is 0 Å². The zero-order valence-electron chi connectivity index (χ0n) is 13.2. The van der Waals surface area contributed by atoms with Crippen LogP contribution < -0.4 is 14.8 Å². The molecule has 1 aromatic carbocycles. The van der Waals surface area contributed by atoms with E-state index < -0.39 is 0 Å². The minimum Gasteiger partial charge on any atom is -0.490 e. The summed E-state index contributed by atoms with van der Waals surface area (Å²) in [6, 6.07) is 6.08. The van der Waals surface area contributed by atoms with Crippen molar-refractivity contribution in [1.82, 2.24) is 10.2 Å². The monoisotopic (exact) mass is 280 g/mol. The highest BCUT2D eigenvalue weighted by Gasteiger charge is 2.10. The van der Waals surface area contributed by atoms with E-state index in [1.54, 1.807) is 0 Å². The minimum absolute atomic E-state index is 0.649. The first-order chi connectivity index (χ1) is 9.69. The lowest BCUT2D eigenvalue weighted by atomic mass is 10.2. The maximum Gasteiger partial charge on any atom is 0.165 e. The normalized spacial score (nSPS) is 10.8. The number of ether oxygens (including phenoxy) is 2. The van der Waals surface area contributed by atoms with Crippen molar-refractivity contribution in [1.29, 1.82) is 0 Å². The quantitative estimate of drug-likeness (QED) is 0.668. The number of hydrogen-bond acceptors (Lipinski definition) is 4. The van der Waals surface area contributed by atoms with Crippen molar-refractivity contribution in [2.75, 3.05) is 40.4 Å².